The molecule has 4 aromatic carbocycles. The Labute approximate surface area is 156 Å². The number of benzene rings is 4. The molecule has 0 N–H and O–H groups in total. The van der Waals surface area contributed by atoms with Gasteiger partial charge in [-0.05, 0) is 57.6 Å². The Kier molecular flexibility index (Phi) is 5.53. The Morgan fingerprint density at radius 1 is 0.462 bits per heavy atom. The molecule has 26 heavy (non-hydrogen) atoms. The van der Waals surface area contributed by atoms with E-state index in [9.17, 15) is 0 Å². The van der Waals surface area contributed by atoms with Gasteiger partial charge in [-0.3, -0.25) is 0 Å². The van der Waals surface area contributed by atoms with E-state index in [1.54, 1.807) is 0 Å². The molecule has 0 aromatic heterocycles. The molecule has 0 nitrogen and oxygen atoms in total. The van der Waals surface area contributed by atoms with Crippen molar-refractivity contribution >= 4 is 33.7 Å². The summed E-state index contributed by atoms with van der Waals surface area (Å²) in [6, 6.07) is 26.1. The molecule has 0 unspecified atom stereocenters. The molecule has 0 saturated carbocycles. The van der Waals surface area contributed by atoms with Crippen LogP contribution >= 0.6 is 0 Å². The second-order valence-electron chi connectivity index (χ2n) is 6.37. The van der Waals surface area contributed by atoms with E-state index >= 15 is 0 Å². The van der Waals surface area contributed by atoms with Crippen molar-refractivity contribution in [2.24, 2.45) is 0 Å². The van der Waals surface area contributed by atoms with E-state index in [1.165, 1.54) is 43.8 Å². The predicted octanol–water partition coefficient (Wildman–Crippen LogP) is 7.81. The molecule has 0 spiro atoms. The molecule has 130 valence electrons. The minimum Gasteiger partial charge on any atom is -0.0683 e. The van der Waals surface area contributed by atoms with Gasteiger partial charge in [0.2, 0.25) is 0 Å². The van der Waals surface area contributed by atoms with Crippen LogP contribution in [0.1, 0.15) is 36.1 Å². The lowest BCUT2D eigenvalue weighted by molar-refractivity contribution is 1.50. The van der Waals surface area contributed by atoms with Crippen LogP contribution < -0.4 is 0 Å². The van der Waals surface area contributed by atoms with Crippen LogP contribution in [0.15, 0.2) is 72.8 Å². The fraction of sp³-hybridized carbons (Fsp3) is 0.154. The van der Waals surface area contributed by atoms with Crippen molar-refractivity contribution in [3.8, 4) is 0 Å². The lowest BCUT2D eigenvalue weighted by Crippen LogP contribution is -1.84. The summed E-state index contributed by atoms with van der Waals surface area (Å²) in [5.74, 6) is 0. The summed E-state index contributed by atoms with van der Waals surface area (Å²) in [6.45, 7) is 8.34. The molecular formula is C26H26. The van der Waals surface area contributed by atoms with Crippen molar-refractivity contribution in [2.45, 2.75) is 27.7 Å². The zero-order valence-electron chi connectivity index (χ0n) is 16.1. The van der Waals surface area contributed by atoms with Gasteiger partial charge in [0.05, 0.1) is 0 Å². The topological polar surface area (TPSA) is 0 Å². The van der Waals surface area contributed by atoms with Crippen molar-refractivity contribution in [1.29, 1.82) is 0 Å². The van der Waals surface area contributed by atoms with E-state index in [2.05, 4.69) is 98.8 Å². The Bertz CT molecular complexity index is 981. The van der Waals surface area contributed by atoms with Gasteiger partial charge in [-0.1, -0.05) is 98.8 Å². The van der Waals surface area contributed by atoms with Crippen molar-refractivity contribution in [3.63, 3.8) is 0 Å². The first kappa shape index (κ1) is 17.9. The summed E-state index contributed by atoms with van der Waals surface area (Å²) >= 11 is 0. The zero-order valence-corrected chi connectivity index (χ0v) is 16.1. The van der Waals surface area contributed by atoms with Crippen molar-refractivity contribution in [3.05, 3.63) is 95.1 Å². The molecule has 0 aliphatic rings. The van der Waals surface area contributed by atoms with Gasteiger partial charge in [-0.2, -0.15) is 0 Å². The van der Waals surface area contributed by atoms with Crippen LogP contribution in [0, 0.1) is 13.8 Å². The first-order chi connectivity index (χ1) is 12.7. The number of aryl methyl sites for hydroxylation is 2. The maximum absolute atomic E-state index is 2.24. The molecule has 0 aliphatic heterocycles. The van der Waals surface area contributed by atoms with Crippen LogP contribution in [-0.4, -0.2) is 0 Å². The summed E-state index contributed by atoms with van der Waals surface area (Å²) in [4.78, 5) is 0. The lowest BCUT2D eigenvalue weighted by atomic mass is 9.97. The quantitative estimate of drug-likeness (QED) is 0.327. The molecule has 0 heterocycles. The second-order valence-corrected chi connectivity index (χ2v) is 6.37. The Hall–Kier alpha value is -2.86. The van der Waals surface area contributed by atoms with E-state index in [4.69, 9.17) is 0 Å². The number of fused-ring (bicyclic) bond motifs is 2. The average Bonchev–Trinajstić information content (AvgIpc) is 2.71. The van der Waals surface area contributed by atoms with Crippen LogP contribution in [0.25, 0.3) is 33.7 Å². The van der Waals surface area contributed by atoms with Gasteiger partial charge in [0, 0.05) is 0 Å². The molecule has 4 rings (SSSR count). The number of hydrogen-bond acceptors (Lipinski definition) is 0. The van der Waals surface area contributed by atoms with Gasteiger partial charge in [-0.15, -0.1) is 0 Å². The standard InChI is InChI=1S/C24H20.C2H6/c1-17-11-13-19(23-9-5-3-7-21(17)23)15-16-20-14-12-18(2)22-8-4-6-10-24(20)22;1-2/h3-16H,1-2H3;1-2H3. The highest BCUT2D eigenvalue weighted by Crippen LogP contribution is 2.27. The number of rotatable bonds is 2. The van der Waals surface area contributed by atoms with Crippen LogP contribution in [0.4, 0.5) is 0 Å². The van der Waals surface area contributed by atoms with Gasteiger partial charge in [0.25, 0.3) is 0 Å². The summed E-state index contributed by atoms with van der Waals surface area (Å²) < 4.78 is 0. The smallest absolute Gasteiger partial charge is 0.0109 e. The molecule has 0 amide bonds. The first-order valence-corrected chi connectivity index (χ1v) is 9.39. The van der Waals surface area contributed by atoms with Gasteiger partial charge in [-0.25, -0.2) is 0 Å². The fourth-order valence-corrected chi connectivity index (χ4v) is 3.42. The summed E-state index contributed by atoms with van der Waals surface area (Å²) in [5.41, 5.74) is 5.17. The first-order valence-electron chi connectivity index (χ1n) is 9.39. The maximum Gasteiger partial charge on any atom is -0.0109 e. The molecule has 4 aromatic rings. The van der Waals surface area contributed by atoms with E-state index in [0.717, 1.165) is 0 Å². The van der Waals surface area contributed by atoms with E-state index < -0.39 is 0 Å². The summed E-state index contributed by atoms with van der Waals surface area (Å²) in [5, 5.41) is 5.28. The van der Waals surface area contributed by atoms with Gasteiger partial charge < -0.3 is 0 Å². The van der Waals surface area contributed by atoms with Crippen molar-refractivity contribution in [2.75, 3.05) is 0 Å². The average molecular weight is 338 g/mol. The highest BCUT2D eigenvalue weighted by Gasteiger charge is 2.02. The van der Waals surface area contributed by atoms with Crippen LogP contribution in [0.3, 0.4) is 0 Å². The van der Waals surface area contributed by atoms with Gasteiger partial charge in [0.1, 0.15) is 0 Å². The summed E-state index contributed by atoms with van der Waals surface area (Å²) in [6.07, 6.45) is 4.47. The second kappa shape index (κ2) is 8.01. The maximum atomic E-state index is 2.24. The fourth-order valence-electron chi connectivity index (χ4n) is 3.42. The third-order valence-electron chi connectivity index (χ3n) is 4.79. The largest absolute Gasteiger partial charge is 0.0683 e. The van der Waals surface area contributed by atoms with Crippen molar-refractivity contribution < 1.29 is 0 Å². The Morgan fingerprint density at radius 3 is 1.19 bits per heavy atom. The minimum absolute atomic E-state index is 1.26. The van der Waals surface area contributed by atoms with E-state index in [-0.39, 0.29) is 0 Å². The predicted molar refractivity (Wildman–Crippen MR) is 118 cm³/mol. The third kappa shape index (κ3) is 3.41. The molecular weight excluding hydrogens is 312 g/mol. The molecule has 0 aliphatic carbocycles. The molecule has 0 atom stereocenters. The monoisotopic (exact) mass is 338 g/mol. The SMILES string of the molecule is CC.Cc1ccc(C=Cc2ccc(C)c3ccccc23)c2ccccc12. The van der Waals surface area contributed by atoms with Crippen LogP contribution in [0.2, 0.25) is 0 Å². The lowest BCUT2D eigenvalue weighted by Gasteiger charge is -2.07. The van der Waals surface area contributed by atoms with E-state index in [1.807, 2.05) is 13.8 Å². The highest BCUT2D eigenvalue weighted by atomic mass is 14.1. The Morgan fingerprint density at radius 2 is 0.808 bits per heavy atom. The molecule has 0 fully saturated rings. The number of hydrogen-bond donors (Lipinski definition) is 0. The van der Waals surface area contributed by atoms with Gasteiger partial charge >= 0.3 is 0 Å². The van der Waals surface area contributed by atoms with Gasteiger partial charge in [0.15, 0.2) is 0 Å². The molecule has 0 bridgehead atoms. The molecule has 0 heteroatoms. The molecule has 0 radical (unpaired) electrons. The van der Waals surface area contributed by atoms with E-state index in [0.29, 0.717) is 0 Å². The van der Waals surface area contributed by atoms with Crippen molar-refractivity contribution in [1.82, 2.24) is 0 Å². The van der Waals surface area contributed by atoms with Crippen LogP contribution in [0.5, 0.6) is 0 Å². The molecule has 0 saturated heterocycles. The third-order valence-corrected chi connectivity index (χ3v) is 4.79. The summed E-state index contributed by atoms with van der Waals surface area (Å²) in [7, 11) is 0. The van der Waals surface area contributed by atoms with Crippen LogP contribution in [-0.2, 0) is 0 Å². The minimum atomic E-state index is 1.26. The highest BCUT2D eigenvalue weighted by molar-refractivity contribution is 5.98. The zero-order chi connectivity index (χ0) is 18.5. The normalized spacial score (nSPS) is 10.9. The Balaban J connectivity index is 0.000000948.